The zero-order valence-corrected chi connectivity index (χ0v) is 10.2. The van der Waals surface area contributed by atoms with Gasteiger partial charge >= 0.3 is 6.03 Å². The molecule has 0 spiro atoms. The van der Waals surface area contributed by atoms with Crippen molar-refractivity contribution in [3.63, 3.8) is 0 Å². The van der Waals surface area contributed by atoms with Crippen LogP contribution < -0.4 is 16.0 Å². The van der Waals surface area contributed by atoms with Crippen LogP contribution in [0.4, 0.5) is 4.79 Å². The van der Waals surface area contributed by atoms with Gasteiger partial charge < -0.3 is 20.9 Å². The normalized spacial score (nSPS) is 24.3. The number of hydrogen-bond donors (Lipinski definition) is 3. The van der Waals surface area contributed by atoms with E-state index in [9.17, 15) is 9.59 Å². The number of likely N-dealkylation sites (tertiary alicyclic amines) is 1. The Labute approximate surface area is 101 Å². The Bertz CT molecular complexity index is 304. The molecule has 2 rings (SSSR count). The number of carbonyl (C=O) groups is 2. The monoisotopic (exact) mass is 240 g/mol. The molecule has 2 heterocycles. The Morgan fingerprint density at radius 3 is 2.76 bits per heavy atom. The van der Waals surface area contributed by atoms with Gasteiger partial charge in [-0.1, -0.05) is 0 Å². The fourth-order valence-corrected chi connectivity index (χ4v) is 2.12. The summed E-state index contributed by atoms with van der Waals surface area (Å²) in [7, 11) is 0. The van der Waals surface area contributed by atoms with Gasteiger partial charge in [0.2, 0.25) is 5.91 Å². The van der Waals surface area contributed by atoms with Crippen LogP contribution in [0.2, 0.25) is 0 Å². The van der Waals surface area contributed by atoms with Crippen molar-refractivity contribution >= 4 is 11.9 Å². The van der Waals surface area contributed by atoms with E-state index in [4.69, 9.17) is 0 Å². The average Bonchev–Trinajstić information content (AvgIpc) is 2.63. The maximum atomic E-state index is 11.7. The SMILES string of the molecule is CCNC(=O)N1CCC(NC(=O)C2CNC2)C1. The Balaban J connectivity index is 1.73. The van der Waals surface area contributed by atoms with Crippen molar-refractivity contribution in [2.45, 2.75) is 19.4 Å². The Hall–Kier alpha value is -1.30. The zero-order valence-electron chi connectivity index (χ0n) is 10.2. The second kappa shape index (κ2) is 5.35. The molecule has 2 aliphatic heterocycles. The smallest absolute Gasteiger partial charge is 0.317 e. The molecule has 6 heteroatoms. The summed E-state index contributed by atoms with van der Waals surface area (Å²) in [4.78, 5) is 25.0. The van der Waals surface area contributed by atoms with Crippen LogP contribution in [0.1, 0.15) is 13.3 Å². The van der Waals surface area contributed by atoms with Crippen LogP contribution >= 0.6 is 0 Å². The maximum absolute atomic E-state index is 11.7. The summed E-state index contributed by atoms with van der Waals surface area (Å²) in [6, 6.07) is 0.0836. The molecule has 2 saturated heterocycles. The van der Waals surface area contributed by atoms with Crippen LogP contribution in [0.15, 0.2) is 0 Å². The van der Waals surface area contributed by atoms with E-state index in [0.717, 1.165) is 26.1 Å². The van der Waals surface area contributed by atoms with Crippen LogP contribution in [-0.4, -0.2) is 55.6 Å². The van der Waals surface area contributed by atoms with E-state index in [1.165, 1.54) is 0 Å². The highest BCUT2D eigenvalue weighted by Gasteiger charge is 2.31. The van der Waals surface area contributed by atoms with Crippen molar-refractivity contribution in [1.82, 2.24) is 20.9 Å². The van der Waals surface area contributed by atoms with Gasteiger partial charge in [0, 0.05) is 38.8 Å². The number of urea groups is 1. The fourth-order valence-electron chi connectivity index (χ4n) is 2.12. The maximum Gasteiger partial charge on any atom is 0.317 e. The molecule has 2 aliphatic rings. The average molecular weight is 240 g/mol. The van der Waals surface area contributed by atoms with Crippen molar-refractivity contribution in [3.8, 4) is 0 Å². The Morgan fingerprint density at radius 1 is 1.41 bits per heavy atom. The molecular formula is C11H20N4O2. The molecule has 0 radical (unpaired) electrons. The molecule has 0 saturated carbocycles. The molecule has 1 atom stereocenters. The molecule has 0 aliphatic carbocycles. The van der Waals surface area contributed by atoms with Crippen molar-refractivity contribution in [2.75, 3.05) is 32.7 Å². The van der Waals surface area contributed by atoms with Gasteiger partial charge in [-0.15, -0.1) is 0 Å². The van der Waals surface area contributed by atoms with E-state index in [1.807, 2.05) is 6.92 Å². The van der Waals surface area contributed by atoms with E-state index >= 15 is 0 Å². The summed E-state index contributed by atoms with van der Waals surface area (Å²) >= 11 is 0. The molecule has 6 nitrogen and oxygen atoms in total. The molecular weight excluding hydrogens is 220 g/mol. The number of amides is 3. The van der Waals surface area contributed by atoms with Crippen molar-refractivity contribution in [3.05, 3.63) is 0 Å². The van der Waals surface area contributed by atoms with Gasteiger partial charge in [-0.2, -0.15) is 0 Å². The van der Waals surface area contributed by atoms with Crippen LogP contribution in [-0.2, 0) is 4.79 Å². The molecule has 3 amide bonds. The minimum atomic E-state index is -0.0328. The molecule has 17 heavy (non-hydrogen) atoms. The van der Waals surface area contributed by atoms with Crippen LogP contribution in [0.25, 0.3) is 0 Å². The first-order chi connectivity index (χ1) is 8.20. The van der Waals surface area contributed by atoms with Gasteiger partial charge in [0.15, 0.2) is 0 Å². The first-order valence-electron chi connectivity index (χ1n) is 6.24. The zero-order chi connectivity index (χ0) is 12.3. The third-order valence-electron chi connectivity index (χ3n) is 3.30. The molecule has 0 bridgehead atoms. The second-order valence-electron chi connectivity index (χ2n) is 4.63. The summed E-state index contributed by atoms with van der Waals surface area (Å²) in [5.74, 6) is 0.236. The summed E-state index contributed by atoms with van der Waals surface area (Å²) in [6.07, 6.45) is 0.850. The lowest BCUT2D eigenvalue weighted by atomic mass is 10.0. The minimum Gasteiger partial charge on any atom is -0.351 e. The van der Waals surface area contributed by atoms with E-state index in [2.05, 4.69) is 16.0 Å². The number of nitrogens with one attached hydrogen (secondary N) is 3. The molecule has 0 aromatic rings. The van der Waals surface area contributed by atoms with E-state index in [1.54, 1.807) is 4.90 Å². The number of nitrogens with zero attached hydrogens (tertiary/aromatic N) is 1. The fraction of sp³-hybridized carbons (Fsp3) is 0.818. The third kappa shape index (κ3) is 2.88. The number of carbonyl (C=O) groups excluding carboxylic acids is 2. The molecule has 0 aromatic carbocycles. The summed E-state index contributed by atoms with van der Waals surface area (Å²) < 4.78 is 0. The van der Waals surface area contributed by atoms with Gasteiger partial charge in [0.25, 0.3) is 0 Å². The van der Waals surface area contributed by atoms with Crippen LogP contribution in [0.5, 0.6) is 0 Å². The lowest BCUT2D eigenvalue weighted by Crippen LogP contribution is -2.53. The number of rotatable bonds is 3. The van der Waals surface area contributed by atoms with Gasteiger partial charge in [-0.25, -0.2) is 4.79 Å². The molecule has 1 unspecified atom stereocenters. The topological polar surface area (TPSA) is 73.5 Å². The van der Waals surface area contributed by atoms with Gasteiger partial charge in [0.05, 0.1) is 5.92 Å². The Morgan fingerprint density at radius 2 is 2.18 bits per heavy atom. The Kier molecular flexibility index (Phi) is 3.83. The standard InChI is InChI=1S/C11H20N4O2/c1-2-13-11(17)15-4-3-9(7-15)14-10(16)8-5-12-6-8/h8-9,12H,2-7H2,1H3,(H,13,17)(H,14,16). The number of hydrogen-bond acceptors (Lipinski definition) is 3. The summed E-state index contributed by atoms with van der Waals surface area (Å²) in [5.41, 5.74) is 0. The van der Waals surface area contributed by atoms with Crippen LogP contribution in [0, 0.1) is 5.92 Å². The molecule has 3 N–H and O–H groups in total. The lowest BCUT2D eigenvalue weighted by molar-refractivity contribution is -0.127. The van der Waals surface area contributed by atoms with Gasteiger partial charge in [-0.3, -0.25) is 4.79 Å². The summed E-state index contributed by atoms with van der Waals surface area (Å²) in [5, 5.41) is 8.85. The predicted molar refractivity (Wildman–Crippen MR) is 63.6 cm³/mol. The predicted octanol–water partition coefficient (Wildman–Crippen LogP) is -0.874. The third-order valence-corrected chi connectivity index (χ3v) is 3.30. The highest BCUT2D eigenvalue weighted by molar-refractivity contribution is 5.80. The first-order valence-corrected chi connectivity index (χ1v) is 6.24. The van der Waals surface area contributed by atoms with Crippen molar-refractivity contribution in [2.24, 2.45) is 5.92 Å². The minimum absolute atomic E-state index is 0.0328. The van der Waals surface area contributed by atoms with E-state index in [0.29, 0.717) is 13.1 Å². The summed E-state index contributed by atoms with van der Waals surface area (Å²) in [6.45, 7) is 5.44. The largest absolute Gasteiger partial charge is 0.351 e. The van der Waals surface area contributed by atoms with Gasteiger partial charge in [-0.05, 0) is 13.3 Å². The van der Waals surface area contributed by atoms with E-state index < -0.39 is 0 Å². The lowest BCUT2D eigenvalue weighted by Gasteiger charge is -2.27. The first kappa shape index (κ1) is 12.2. The van der Waals surface area contributed by atoms with E-state index in [-0.39, 0.29) is 23.9 Å². The molecule has 96 valence electrons. The molecule has 0 aromatic heterocycles. The van der Waals surface area contributed by atoms with Crippen molar-refractivity contribution < 1.29 is 9.59 Å². The molecule has 2 fully saturated rings. The van der Waals surface area contributed by atoms with Gasteiger partial charge in [0.1, 0.15) is 0 Å². The highest BCUT2D eigenvalue weighted by Crippen LogP contribution is 2.11. The quantitative estimate of drug-likeness (QED) is 0.600. The van der Waals surface area contributed by atoms with Crippen molar-refractivity contribution in [1.29, 1.82) is 0 Å². The highest BCUT2D eigenvalue weighted by atomic mass is 16.2. The van der Waals surface area contributed by atoms with Crippen LogP contribution in [0.3, 0.4) is 0 Å². The second-order valence-corrected chi connectivity index (χ2v) is 4.63.